The van der Waals surface area contributed by atoms with Gasteiger partial charge in [0.15, 0.2) is 0 Å². The second-order valence-electron chi connectivity index (χ2n) is 6.92. The van der Waals surface area contributed by atoms with Gasteiger partial charge in [0.1, 0.15) is 11.6 Å². The summed E-state index contributed by atoms with van der Waals surface area (Å²) in [6.07, 6.45) is 7.73. The molecule has 0 bridgehead atoms. The molecule has 2 heterocycles. The van der Waals surface area contributed by atoms with Crippen LogP contribution in [0.2, 0.25) is 0 Å². The first kappa shape index (κ1) is 15.7. The van der Waals surface area contributed by atoms with Gasteiger partial charge in [0.25, 0.3) is 0 Å². The Morgan fingerprint density at radius 3 is 2.88 bits per heavy atom. The summed E-state index contributed by atoms with van der Waals surface area (Å²) in [5.41, 5.74) is 1.36. The van der Waals surface area contributed by atoms with Crippen molar-refractivity contribution in [1.29, 1.82) is 0 Å². The van der Waals surface area contributed by atoms with Crippen LogP contribution in [0.15, 0.2) is 36.7 Å². The summed E-state index contributed by atoms with van der Waals surface area (Å²) in [6, 6.07) is 10.2. The molecule has 0 unspecified atom stereocenters. The van der Waals surface area contributed by atoms with Crippen LogP contribution in [0.25, 0.3) is 0 Å². The van der Waals surface area contributed by atoms with E-state index >= 15 is 0 Å². The molecule has 0 spiro atoms. The van der Waals surface area contributed by atoms with Crippen LogP contribution in [0, 0.1) is 0 Å². The molecule has 2 atom stereocenters. The minimum absolute atomic E-state index is 0.424. The van der Waals surface area contributed by atoms with Crippen LogP contribution in [-0.2, 0) is 13.6 Å². The third-order valence-corrected chi connectivity index (χ3v) is 5.33. The van der Waals surface area contributed by atoms with Gasteiger partial charge in [-0.1, -0.05) is 12.1 Å². The lowest BCUT2D eigenvalue weighted by Gasteiger charge is -2.29. The molecule has 0 radical (unpaired) electrons. The van der Waals surface area contributed by atoms with E-state index in [9.17, 15) is 0 Å². The van der Waals surface area contributed by atoms with Crippen molar-refractivity contribution in [2.75, 3.05) is 13.7 Å². The number of hydrogen-bond donors (Lipinski definition) is 1. The maximum absolute atomic E-state index is 5.44. The number of methoxy groups -OCH3 is 1. The molecule has 1 saturated carbocycles. The van der Waals surface area contributed by atoms with Crippen LogP contribution < -0.4 is 10.1 Å². The molecule has 1 aliphatic carbocycles. The number of nitrogens with zero attached hydrogens (tertiary/aromatic N) is 3. The molecule has 2 fully saturated rings. The van der Waals surface area contributed by atoms with Gasteiger partial charge in [-0.25, -0.2) is 4.98 Å². The Labute approximate surface area is 143 Å². The Morgan fingerprint density at radius 2 is 2.17 bits per heavy atom. The number of rotatable bonds is 6. The SMILES string of the molecule is COc1cccc([C@@H]2[C@@H](NCc3nccn3C)CCN2C2CC2)c1. The first-order valence-corrected chi connectivity index (χ1v) is 8.85. The van der Waals surface area contributed by atoms with Gasteiger partial charge in [0, 0.05) is 38.1 Å². The molecule has 1 N–H and O–H groups in total. The molecule has 1 aromatic heterocycles. The molecule has 0 amide bonds. The van der Waals surface area contributed by atoms with Gasteiger partial charge in [-0.3, -0.25) is 4.90 Å². The molecule has 2 aromatic rings. The predicted molar refractivity (Wildman–Crippen MR) is 93.9 cm³/mol. The fourth-order valence-corrected chi connectivity index (χ4v) is 3.88. The van der Waals surface area contributed by atoms with E-state index in [1.807, 2.05) is 18.5 Å². The van der Waals surface area contributed by atoms with E-state index in [4.69, 9.17) is 4.74 Å². The normalized spacial score (nSPS) is 24.4. The molecule has 1 aromatic carbocycles. The van der Waals surface area contributed by atoms with E-state index in [2.05, 4.69) is 45.0 Å². The zero-order valence-corrected chi connectivity index (χ0v) is 14.5. The van der Waals surface area contributed by atoms with Gasteiger partial charge >= 0.3 is 0 Å². The van der Waals surface area contributed by atoms with Crippen molar-refractivity contribution < 1.29 is 4.74 Å². The summed E-state index contributed by atoms with van der Waals surface area (Å²) in [5.74, 6) is 2.03. The minimum Gasteiger partial charge on any atom is -0.497 e. The predicted octanol–water partition coefficient (Wildman–Crippen LogP) is 2.50. The van der Waals surface area contributed by atoms with E-state index in [0.29, 0.717) is 12.1 Å². The Kier molecular flexibility index (Phi) is 4.29. The van der Waals surface area contributed by atoms with E-state index in [1.54, 1.807) is 7.11 Å². The third-order valence-electron chi connectivity index (χ3n) is 5.33. The first-order valence-electron chi connectivity index (χ1n) is 8.85. The van der Waals surface area contributed by atoms with Crippen LogP contribution in [-0.4, -0.2) is 40.2 Å². The maximum atomic E-state index is 5.44. The average Bonchev–Trinajstić information content (AvgIpc) is 3.24. The molecule has 5 heteroatoms. The van der Waals surface area contributed by atoms with E-state index in [0.717, 1.165) is 24.2 Å². The van der Waals surface area contributed by atoms with Gasteiger partial charge in [0.05, 0.1) is 19.7 Å². The zero-order chi connectivity index (χ0) is 16.5. The maximum Gasteiger partial charge on any atom is 0.122 e. The number of likely N-dealkylation sites (tertiary alicyclic amines) is 1. The number of hydrogen-bond acceptors (Lipinski definition) is 4. The van der Waals surface area contributed by atoms with Crippen LogP contribution >= 0.6 is 0 Å². The lowest BCUT2D eigenvalue weighted by molar-refractivity contribution is 0.225. The van der Waals surface area contributed by atoms with Crippen molar-refractivity contribution in [3.05, 3.63) is 48.0 Å². The Morgan fingerprint density at radius 1 is 1.29 bits per heavy atom. The molecule has 4 rings (SSSR count). The molecule has 5 nitrogen and oxygen atoms in total. The monoisotopic (exact) mass is 326 g/mol. The smallest absolute Gasteiger partial charge is 0.122 e. The number of nitrogens with one attached hydrogen (secondary N) is 1. The van der Waals surface area contributed by atoms with Crippen LogP contribution in [0.3, 0.4) is 0 Å². The van der Waals surface area contributed by atoms with E-state index in [-0.39, 0.29) is 0 Å². The lowest BCUT2D eigenvalue weighted by Crippen LogP contribution is -2.37. The fourth-order valence-electron chi connectivity index (χ4n) is 3.88. The van der Waals surface area contributed by atoms with Crippen molar-refractivity contribution >= 4 is 0 Å². The summed E-state index contributed by atoms with van der Waals surface area (Å²) < 4.78 is 7.53. The highest BCUT2D eigenvalue weighted by Gasteiger charge is 2.42. The summed E-state index contributed by atoms with van der Waals surface area (Å²) >= 11 is 0. The van der Waals surface area contributed by atoms with Crippen LogP contribution in [0.4, 0.5) is 0 Å². The molecule has 24 heavy (non-hydrogen) atoms. The number of imidazole rings is 1. The quantitative estimate of drug-likeness (QED) is 0.886. The molecular weight excluding hydrogens is 300 g/mol. The summed E-state index contributed by atoms with van der Waals surface area (Å²) in [7, 11) is 3.79. The molecule has 1 aliphatic heterocycles. The number of ether oxygens (including phenoxy) is 1. The molecule has 128 valence electrons. The average molecular weight is 326 g/mol. The van der Waals surface area contributed by atoms with Crippen molar-refractivity contribution in [3.8, 4) is 5.75 Å². The summed E-state index contributed by atoms with van der Waals surface area (Å²) in [4.78, 5) is 7.12. The Bertz CT molecular complexity index is 694. The zero-order valence-electron chi connectivity index (χ0n) is 14.5. The lowest BCUT2D eigenvalue weighted by atomic mass is 9.99. The van der Waals surface area contributed by atoms with Crippen LogP contribution in [0.5, 0.6) is 5.75 Å². The van der Waals surface area contributed by atoms with Gasteiger partial charge in [-0.2, -0.15) is 0 Å². The van der Waals surface area contributed by atoms with Gasteiger partial charge < -0.3 is 14.6 Å². The first-order chi connectivity index (χ1) is 11.8. The summed E-state index contributed by atoms with van der Waals surface area (Å²) in [6.45, 7) is 1.98. The van der Waals surface area contributed by atoms with Gasteiger partial charge in [-0.15, -0.1) is 0 Å². The molecule has 1 saturated heterocycles. The Balaban J connectivity index is 1.54. The molecular formula is C19H26N4O. The topological polar surface area (TPSA) is 42.3 Å². The number of aromatic nitrogens is 2. The highest BCUT2D eigenvalue weighted by Crippen LogP contribution is 2.41. The highest BCUT2D eigenvalue weighted by atomic mass is 16.5. The van der Waals surface area contributed by atoms with Crippen LogP contribution in [0.1, 0.15) is 36.7 Å². The van der Waals surface area contributed by atoms with Gasteiger partial charge in [0.2, 0.25) is 0 Å². The van der Waals surface area contributed by atoms with Crippen molar-refractivity contribution in [3.63, 3.8) is 0 Å². The largest absolute Gasteiger partial charge is 0.497 e. The van der Waals surface area contributed by atoms with Crippen molar-refractivity contribution in [2.24, 2.45) is 7.05 Å². The second-order valence-corrected chi connectivity index (χ2v) is 6.92. The standard InChI is InChI=1S/C19H26N4O/c1-22-11-9-20-18(22)13-21-17-8-10-23(15-6-7-15)19(17)14-4-3-5-16(12-14)24-2/h3-5,9,11-12,15,17,19,21H,6-8,10,13H2,1-2H3/t17-,19+/m0/s1. The minimum atomic E-state index is 0.424. The number of benzene rings is 1. The number of aryl methyl sites for hydroxylation is 1. The highest BCUT2D eigenvalue weighted by molar-refractivity contribution is 5.32. The Hall–Kier alpha value is -1.85. The summed E-state index contributed by atoms with van der Waals surface area (Å²) in [5, 5.41) is 3.76. The third kappa shape index (κ3) is 3.06. The second kappa shape index (κ2) is 6.57. The van der Waals surface area contributed by atoms with E-state index < -0.39 is 0 Å². The van der Waals surface area contributed by atoms with Crippen molar-refractivity contribution in [2.45, 2.75) is 43.9 Å². The van der Waals surface area contributed by atoms with Gasteiger partial charge in [-0.05, 0) is 37.0 Å². The fraction of sp³-hybridized carbons (Fsp3) is 0.526. The van der Waals surface area contributed by atoms with Crippen molar-refractivity contribution in [1.82, 2.24) is 19.8 Å². The van der Waals surface area contributed by atoms with E-state index in [1.165, 1.54) is 31.4 Å². The molecule has 2 aliphatic rings.